The van der Waals surface area contributed by atoms with Crippen molar-refractivity contribution >= 4 is 28.7 Å². The van der Waals surface area contributed by atoms with Crippen LogP contribution in [0.4, 0.5) is 0 Å². The molecule has 0 aromatic carbocycles. The van der Waals surface area contributed by atoms with Crippen molar-refractivity contribution in [1.82, 2.24) is 20.1 Å². The lowest BCUT2D eigenvalue weighted by Crippen LogP contribution is -2.21. The number of hydrogen-bond donors (Lipinski definition) is 1. The summed E-state index contributed by atoms with van der Waals surface area (Å²) < 4.78 is 1.76. The van der Waals surface area contributed by atoms with E-state index in [0.29, 0.717) is 11.1 Å². The minimum atomic E-state index is 0.522. The third-order valence-corrected chi connectivity index (χ3v) is 3.64. The van der Waals surface area contributed by atoms with Crippen LogP contribution in [0.3, 0.4) is 0 Å². The highest BCUT2D eigenvalue weighted by atomic mass is 35.5. The van der Waals surface area contributed by atoms with E-state index in [1.807, 2.05) is 14.0 Å². The number of fused-ring (bicyclic) bond motifs is 1. The van der Waals surface area contributed by atoms with Crippen molar-refractivity contribution in [1.29, 1.82) is 0 Å². The van der Waals surface area contributed by atoms with Gasteiger partial charge in [0.05, 0.1) is 5.69 Å². The quantitative estimate of drug-likeness (QED) is 0.859. The summed E-state index contributed by atoms with van der Waals surface area (Å²) in [6.45, 7) is 10.4. The van der Waals surface area contributed by atoms with Crippen LogP contribution in [0.25, 0.3) is 17.1 Å². The molecular weight excluding hydrogens is 284 g/mol. The molecule has 21 heavy (non-hydrogen) atoms. The summed E-state index contributed by atoms with van der Waals surface area (Å²) >= 11 is 6.30. The van der Waals surface area contributed by atoms with Crippen molar-refractivity contribution in [2.24, 2.45) is 13.0 Å². The second-order valence-electron chi connectivity index (χ2n) is 5.96. The molecule has 2 aromatic rings. The van der Waals surface area contributed by atoms with Crippen molar-refractivity contribution in [3.8, 4) is 0 Å². The summed E-state index contributed by atoms with van der Waals surface area (Å²) in [5.41, 5.74) is 3.98. The van der Waals surface area contributed by atoms with E-state index >= 15 is 0 Å². The van der Waals surface area contributed by atoms with Crippen LogP contribution in [0.2, 0.25) is 5.15 Å². The standard InChI is InChI=1S/C16H23ClN4/c1-10(2)8-18-9-11(3)6-13-7-14-12(4)20-21(5)16(14)19-15(13)17/h6-7,10,18H,8-9H2,1-5H3. The molecule has 0 aliphatic carbocycles. The molecule has 1 N–H and O–H groups in total. The van der Waals surface area contributed by atoms with Crippen LogP contribution in [0, 0.1) is 12.8 Å². The van der Waals surface area contributed by atoms with Gasteiger partial charge in [0.25, 0.3) is 0 Å². The maximum Gasteiger partial charge on any atom is 0.159 e. The zero-order valence-electron chi connectivity index (χ0n) is 13.4. The molecule has 0 amide bonds. The van der Waals surface area contributed by atoms with Crippen LogP contribution in [-0.4, -0.2) is 27.9 Å². The fraction of sp³-hybridized carbons (Fsp3) is 0.500. The SMILES string of the molecule is CC(=Cc1cc2c(C)nn(C)c2nc1Cl)CNCC(C)C. The summed E-state index contributed by atoms with van der Waals surface area (Å²) in [4.78, 5) is 4.46. The van der Waals surface area contributed by atoms with Crippen molar-refractivity contribution in [2.45, 2.75) is 27.7 Å². The average Bonchev–Trinajstić information content (AvgIpc) is 2.65. The number of nitrogens with one attached hydrogen (secondary N) is 1. The highest BCUT2D eigenvalue weighted by Gasteiger charge is 2.10. The van der Waals surface area contributed by atoms with Gasteiger partial charge in [0.1, 0.15) is 5.15 Å². The fourth-order valence-corrected chi connectivity index (χ4v) is 2.50. The molecule has 0 unspecified atom stereocenters. The Morgan fingerprint density at radius 2 is 2.19 bits per heavy atom. The van der Waals surface area contributed by atoms with E-state index in [1.54, 1.807) is 4.68 Å². The molecule has 2 aromatic heterocycles. The smallest absolute Gasteiger partial charge is 0.159 e. The first-order chi connectivity index (χ1) is 9.88. The number of hydrogen-bond acceptors (Lipinski definition) is 3. The van der Waals surface area contributed by atoms with Gasteiger partial charge in [-0.05, 0) is 32.4 Å². The topological polar surface area (TPSA) is 42.7 Å². The van der Waals surface area contributed by atoms with Gasteiger partial charge in [-0.25, -0.2) is 4.98 Å². The van der Waals surface area contributed by atoms with Crippen molar-refractivity contribution in [3.63, 3.8) is 0 Å². The molecule has 0 spiro atoms. The molecule has 114 valence electrons. The Labute approximate surface area is 131 Å². The third-order valence-electron chi connectivity index (χ3n) is 3.34. The highest BCUT2D eigenvalue weighted by molar-refractivity contribution is 6.31. The fourth-order valence-electron chi connectivity index (χ4n) is 2.31. The van der Waals surface area contributed by atoms with Crippen molar-refractivity contribution in [3.05, 3.63) is 28.0 Å². The Hall–Kier alpha value is -1.39. The summed E-state index contributed by atoms with van der Waals surface area (Å²) in [5, 5.41) is 9.39. The molecular formula is C16H23ClN4. The summed E-state index contributed by atoms with van der Waals surface area (Å²) in [5.74, 6) is 0.650. The van der Waals surface area contributed by atoms with Gasteiger partial charge < -0.3 is 5.32 Å². The number of halogens is 1. The molecule has 2 rings (SSSR count). The minimum absolute atomic E-state index is 0.522. The summed E-state index contributed by atoms with van der Waals surface area (Å²) in [7, 11) is 1.88. The van der Waals surface area contributed by atoms with Gasteiger partial charge in [0, 0.05) is 24.5 Å². The van der Waals surface area contributed by atoms with Crippen LogP contribution < -0.4 is 5.32 Å². The molecule has 0 atom stereocenters. The Kier molecular flexibility index (Phi) is 5.01. The van der Waals surface area contributed by atoms with Gasteiger partial charge in [0.15, 0.2) is 5.65 Å². The summed E-state index contributed by atoms with van der Waals surface area (Å²) in [6, 6.07) is 2.07. The lowest BCUT2D eigenvalue weighted by Gasteiger charge is -2.08. The predicted molar refractivity (Wildman–Crippen MR) is 89.6 cm³/mol. The van der Waals surface area contributed by atoms with Gasteiger partial charge in [-0.1, -0.05) is 37.1 Å². The van der Waals surface area contributed by atoms with Crippen LogP contribution in [0.15, 0.2) is 11.6 Å². The van der Waals surface area contributed by atoms with Gasteiger partial charge in [0.2, 0.25) is 0 Å². The lowest BCUT2D eigenvalue weighted by atomic mass is 10.1. The van der Waals surface area contributed by atoms with Crippen molar-refractivity contribution < 1.29 is 0 Å². The zero-order chi connectivity index (χ0) is 15.6. The van der Waals surface area contributed by atoms with E-state index in [0.717, 1.165) is 35.4 Å². The first-order valence-electron chi connectivity index (χ1n) is 7.26. The van der Waals surface area contributed by atoms with E-state index < -0.39 is 0 Å². The monoisotopic (exact) mass is 306 g/mol. The Bertz CT molecular complexity index is 670. The molecule has 0 radical (unpaired) electrons. The second-order valence-corrected chi connectivity index (χ2v) is 6.32. The molecule has 2 heterocycles. The van der Waals surface area contributed by atoms with Crippen LogP contribution in [0.5, 0.6) is 0 Å². The first kappa shape index (κ1) is 16.0. The lowest BCUT2D eigenvalue weighted by molar-refractivity contribution is 0.572. The van der Waals surface area contributed by atoms with E-state index in [2.05, 4.69) is 48.3 Å². The van der Waals surface area contributed by atoms with Gasteiger partial charge in [-0.2, -0.15) is 5.10 Å². The maximum atomic E-state index is 6.30. The number of aromatic nitrogens is 3. The molecule has 0 saturated carbocycles. The van der Waals surface area contributed by atoms with E-state index in [-0.39, 0.29) is 0 Å². The summed E-state index contributed by atoms with van der Waals surface area (Å²) in [6.07, 6.45) is 2.09. The van der Waals surface area contributed by atoms with Gasteiger partial charge >= 0.3 is 0 Å². The van der Waals surface area contributed by atoms with E-state index in [1.165, 1.54) is 5.57 Å². The van der Waals surface area contributed by atoms with Crippen LogP contribution in [-0.2, 0) is 7.05 Å². The number of pyridine rings is 1. The molecule has 0 bridgehead atoms. The Morgan fingerprint density at radius 1 is 1.48 bits per heavy atom. The highest BCUT2D eigenvalue weighted by Crippen LogP contribution is 2.24. The van der Waals surface area contributed by atoms with Crippen LogP contribution in [0.1, 0.15) is 32.0 Å². The second kappa shape index (κ2) is 6.58. The largest absolute Gasteiger partial charge is 0.313 e. The number of aryl methyl sites for hydroxylation is 2. The van der Waals surface area contributed by atoms with E-state index in [4.69, 9.17) is 11.6 Å². The van der Waals surface area contributed by atoms with Crippen molar-refractivity contribution in [2.75, 3.05) is 13.1 Å². The Morgan fingerprint density at radius 3 is 2.86 bits per heavy atom. The third kappa shape index (κ3) is 3.83. The maximum absolute atomic E-state index is 6.30. The molecule has 0 aliphatic heterocycles. The normalized spacial score (nSPS) is 12.6. The number of rotatable bonds is 5. The Balaban J connectivity index is 2.25. The minimum Gasteiger partial charge on any atom is -0.313 e. The van der Waals surface area contributed by atoms with E-state index in [9.17, 15) is 0 Å². The average molecular weight is 307 g/mol. The molecule has 0 fully saturated rings. The molecule has 0 saturated heterocycles. The first-order valence-corrected chi connectivity index (χ1v) is 7.64. The number of nitrogens with zero attached hydrogens (tertiary/aromatic N) is 3. The molecule has 4 nitrogen and oxygen atoms in total. The predicted octanol–water partition coefficient (Wildman–Crippen LogP) is 3.58. The van der Waals surface area contributed by atoms with Crippen LogP contribution >= 0.6 is 11.6 Å². The van der Waals surface area contributed by atoms with Gasteiger partial charge in [-0.15, -0.1) is 0 Å². The molecule has 5 heteroatoms. The zero-order valence-corrected chi connectivity index (χ0v) is 14.1. The van der Waals surface area contributed by atoms with Gasteiger partial charge in [-0.3, -0.25) is 4.68 Å². The molecule has 0 aliphatic rings.